The second-order valence-electron chi connectivity index (χ2n) is 3.84. The van der Waals surface area contributed by atoms with Gasteiger partial charge in [-0.2, -0.15) is 0 Å². The summed E-state index contributed by atoms with van der Waals surface area (Å²) in [5.74, 6) is -0.181. The highest BCUT2D eigenvalue weighted by atomic mass is 16.6. The minimum Gasteiger partial charge on any atom is -0.377 e. The van der Waals surface area contributed by atoms with Gasteiger partial charge in [-0.15, -0.1) is 0 Å². The molecule has 16 heavy (non-hydrogen) atoms. The highest BCUT2D eigenvalue weighted by molar-refractivity contribution is 5.95. The van der Waals surface area contributed by atoms with Gasteiger partial charge in [-0.25, -0.2) is 0 Å². The van der Waals surface area contributed by atoms with Crippen LogP contribution in [0.5, 0.6) is 0 Å². The van der Waals surface area contributed by atoms with Crippen LogP contribution in [-0.4, -0.2) is 16.7 Å². The van der Waals surface area contributed by atoms with Crippen LogP contribution in [0.4, 0.5) is 11.4 Å². The monoisotopic (exact) mass is 222 g/mol. The molecule has 0 amide bonds. The number of nitro groups is 1. The Bertz CT molecular complexity index is 427. The van der Waals surface area contributed by atoms with Gasteiger partial charge in [0.1, 0.15) is 5.69 Å². The number of benzene rings is 1. The maximum absolute atomic E-state index is 11.1. The van der Waals surface area contributed by atoms with Gasteiger partial charge in [0.15, 0.2) is 5.78 Å². The molecular formula is C11H14N2O3. The van der Waals surface area contributed by atoms with Gasteiger partial charge < -0.3 is 5.32 Å². The van der Waals surface area contributed by atoms with Crippen molar-refractivity contribution in [3.8, 4) is 0 Å². The van der Waals surface area contributed by atoms with E-state index in [4.69, 9.17) is 0 Å². The molecule has 5 heteroatoms. The number of hydrogen-bond donors (Lipinski definition) is 1. The van der Waals surface area contributed by atoms with Gasteiger partial charge in [-0.1, -0.05) is 0 Å². The Morgan fingerprint density at radius 2 is 2.06 bits per heavy atom. The second kappa shape index (κ2) is 4.74. The lowest BCUT2D eigenvalue weighted by Gasteiger charge is -2.10. The molecule has 0 atom stereocenters. The number of rotatable bonds is 4. The summed E-state index contributed by atoms with van der Waals surface area (Å²) < 4.78 is 0. The molecule has 5 nitrogen and oxygen atoms in total. The summed E-state index contributed by atoms with van der Waals surface area (Å²) in [4.78, 5) is 21.5. The van der Waals surface area contributed by atoms with Crippen LogP contribution >= 0.6 is 0 Å². The number of hydrogen-bond acceptors (Lipinski definition) is 4. The van der Waals surface area contributed by atoms with E-state index in [0.29, 0.717) is 11.3 Å². The van der Waals surface area contributed by atoms with Gasteiger partial charge in [0.2, 0.25) is 0 Å². The molecule has 0 saturated heterocycles. The second-order valence-corrected chi connectivity index (χ2v) is 3.84. The molecule has 0 aliphatic rings. The first-order valence-electron chi connectivity index (χ1n) is 4.97. The van der Waals surface area contributed by atoms with E-state index in [1.54, 1.807) is 12.1 Å². The average molecular weight is 222 g/mol. The third-order valence-corrected chi connectivity index (χ3v) is 2.05. The standard InChI is InChI=1S/C11H14N2O3/c1-7(2)12-10-5-4-9(8(3)14)6-11(10)13(15)16/h4-7,12H,1-3H3. The average Bonchev–Trinajstić information content (AvgIpc) is 2.16. The molecule has 1 aromatic rings. The zero-order chi connectivity index (χ0) is 12.3. The third kappa shape index (κ3) is 2.79. The molecule has 1 aromatic carbocycles. The first kappa shape index (κ1) is 12.2. The van der Waals surface area contributed by atoms with Gasteiger partial charge in [0.25, 0.3) is 5.69 Å². The highest BCUT2D eigenvalue weighted by Gasteiger charge is 2.16. The fraction of sp³-hybridized carbons (Fsp3) is 0.364. The fourth-order valence-corrected chi connectivity index (χ4v) is 1.33. The third-order valence-electron chi connectivity index (χ3n) is 2.05. The molecule has 0 saturated carbocycles. The number of nitro benzene ring substituents is 1. The summed E-state index contributed by atoms with van der Waals surface area (Å²) in [7, 11) is 0. The summed E-state index contributed by atoms with van der Waals surface area (Å²) in [6.07, 6.45) is 0. The lowest BCUT2D eigenvalue weighted by molar-refractivity contribution is -0.384. The molecule has 0 aliphatic heterocycles. The van der Waals surface area contributed by atoms with Crippen molar-refractivity contribution in [1.82, 2.24) is 0 Å². The zero-order valence-electron chi connectivity index (χ0n) is 9.48. The number of carbonyl (C=O) groups excluding carboxylic acids is 1. The van der Waals surface area contributed by atoms with Crippen molar-refractivity contribution < 1.29 is 9.72 Å². The van der Waals surface area contributed by atoms with E-state index in [-0.39, 0.29) is 17.5 Å². The van der Waals surface area contributed by atoms with Crippen molar-refractivity contribution in [3.63, 3.8) is 0 Å². The number of ketones is 1. The van der Waals surface area contributed by atoms with Crippen molar-refractivity contribution in [2.24, 2.45) is 0 Å². The topological polar surface area (TPSA) is 72.2 Å². The maximum atomic E-state index is 11.1. The first-order valence-corrected chi connectivity index (χ1v) is 4.97. The van der Waals surface area contributed by atoms with Crippen molar-refractivity contribution in [1.29, 1.82) is 0 Å². The molecule has 0 fully saturated rings. The predicted octanol–water partition coefficient (Wildman–Crippen LogP) is 2.62. The Kier molecular flexibility index (Phi) is 3.60. The van der Waals surface area contributed by atoms with Gasteiger partial charge in [0.05, 0.1) is 4.92 Å². The molecule has 1 rings (SSSR count). The van der Waals surface area contributed by atoms with Crippen LogP contribution in [0.1, 0.15) is 31.1 Å². The fourth-order valence-electron chi connectivity index (χ4n) is 1.33. The molecule has 0 aliphatic carbocycles. The van der Waals surface area contributed by atoms with Crippen LogP contribution in [0.2, 0.25) is 0 Å². The van der Waals surface area contributed by atoms with E-state index in [1.807, 2.05) is 13.8 Å². The minimum atomic E-state index is -0.489. The zero-order valence-corrected chi connectivity index (χ0v) is 9.48. The molecule has 0 radical (unpaired) electrons. The summed E-state index contributed by atoms with van der Waals surface area (Å²) in [5.41, 5.74) is 0.715. The SMILES string of the molecule is CC(=O)c1ccc(NC(C)C)c([N+](=O)[O-])c1. The van der Waals surface area contributed by atoms with Gasteiger partial charge in [-0.05, 0) is 32.9 Å². The molecule has 0 spiro atoms. The minimum absolute atomic E-state index is 0.0681. The predicted molar refractivity (Wildman–Crippen MR) is 61.9 cm³/mol. The normalized spacial score (nSPS) is 10.2. The van der Waals surface area contributed by atoms with Crippen molar-refractivity contribution in [2.45, 2.75) is 26.8 Å². The Balaban J connectivity index is 3.19. The van der Waals surface area contributed by atoms with E-state index >= 15 is 0 Å². The summed E-state index contributed by atoms with van der Waals surface area (Å²) in [6.45, 7) is 5.17. The molecule has 86 valence electrons. The van der Waals surface area contributed by atoms with Crippen LogP contribution in [0, 0.1) is 10.1 Å². The lowest BCUT2D eigenvalue weighted by Crippen LogP contribution is -2.11. The summed E-state index contributed by atoms with van der Waals surface area (Å²) in [5, 5.41) is 13.8. The van der Waals surface area contributed by atoms with Gasteiger partial charge in [0, 0.05) is 17.7 Å². The van der Waals surface area contributed by atoms with Crippen LogP contribution in [0.25, 0.3) is 0 Å². The number of nitrogens with one attached hydrogen (secondary N) is 1. The highest BCUT2D eigenvalue weighted by Crippen LogP contribution is 2.26. The number of Topliss-reactive ketones (excluding diaryl/α,β-unsaturated/α-hetero) is 1. The van der Waals surface area contributed by atoms with E-state index in [0.717, 1.165) is 0 Å². The van der Waals surface area contributed by atoms with Gasteiger partial charge >= 0.3 is 0 Å². The molecular weight excluding hydrogens is 208 g/mol. The maximum Gasteiger partial charge on any atom is 0.293 e. The van der Waals surface area contributed by atoms with E-state index in [9.17, 15) is 14.9 Å². The summed E-state index contributed by atoms with van der Waals surface area (Å²) in [6, 6.07) is 4.55. The number of nitrogens with zero attached hydrogens (tertiary/aromatic N) is 1. The van der Waals surface area contributed by atoms with Crippen LogP contribution in [0.15, 0.2) is 18.2 Å². The molecule has 0 aromatic heterocycles. The molecule has 0 unspecified atom stereocenters. The Morgan fingerprint density at radius 1 is 1.44 bits per heavy atom. The van der Waals surface area contributed by atoms with Crippen molar-refractivity contribution in [2.75, 3.05) is 5.32 Å². The lowest BCUT2D eigenvalue weighted by atomic mass is 10.1. The number of carbonyl (C=O) groups is 1. The van der Waals surface area contributed by atoms with Gasteiger partial charge in [-0.3, -0.25) is 14.9 Å². The van der Waals surface area contributed by atoms with Crippen LogP contribution in [-0.2, 0) is 0 Å². The first-order chi connectivity index (χ1) is 7.41. The van der Waals surface area contributed by atoms with E-state index in [1.165, 1.54) is 13.0 Å². The number of anilines is 1. The largest absolute Gasteiger partial charge is 0.377 e. The Morgan fingerprint density at radius 3 is 2.50 bits per heavy atom. The van der Waals surface area contributed by atoms with Crippen LogP contribution < -0.4 is 5.32 Å². The molecule has 0 heterocycles. The molecule has 1 N–H and O–H groups in total. The van der Waals surface area contributed by atoms with E-state index in [2.05, 4.69) is 5.32 Å². The van der Waals surface area contributed by atoms with E-state index < -0.39 is 4.92 Å². The van der Waals surface area contributed by atoms with Crippen molar-refractivity contribution in [3.05, 3.63) is 33.9 Å². The smallest absolute Gasteiger partial charge is 0.293 e. The molecule has 0 bridgehead atoms. The Labute approximate surface area is 93.6 Å². The van der Waals surface area contributed by atoms with Crippen LogP contribution in [0.3, 0.4) is 0 Å². The van der Waals surface area contributed by atoms with Crippen molar-refractivity contribution >= 4 is 17.2 Å². The Hall–Kier alpha value is -1.91. The summed E-state index contributed by atoms with van der Waals surface area (Å²) >= 11 is 0. The quantitative estimate of drug-likeness (QED) is 0.483.